The van der Waals surface area contributed by atoms with Gasteiger partial charge in [-0.3, -0.25) is 14.9 Å². The van der Waals surface area contributed by atoms with Crippen molar-refractivity contribution in [2.75, 3.05) is 18.5 Å². The summed E-state index contributed by atoms with van der Waals surface area (Å²) in [7, 11) is -4.13. The highest BCUT2D eigenvalue weighted by atomic mass is 32.2. The zero-order valence-electron chi connectivity index (χ0n) is 15.2. The lowest BCUT2D eigenvalue weighted by molar-refractivity contribution is -0.386. The van der Waals surface area contributed by atoms with Crippen LogP contribution in [0.1, 0.15) is 6.92 Å². The third kappa shape index (κ3) is 4.73. The molecule has 1 amide bonds. The number of nitro benzene ring substituents is 1. The normalized spacial score (nSPS) is 14.0. The Morgan fingerprint density at radius 1 is 1.21 bits per heavy atom. The van der Waals surface area contributed by atoms with Crippen molar-refractivity contribution >= 4 is 27.3 Å². The van der Waals surface area contributed by atoms with E-state index in [1.165, 1.54) is 6.92 Å². The molecule has 0 aliphatic carbocycles. The maximum Gasteiger partial charge on any atom is 0.312 e. The average Bonchev–Trinajstić information content (AvgIpc) is 2.67. The summed E-state index contributed by atoms with van der Waals surface area (Å²) in [6, 6.07) is 7.75. The lowest BCUT2D eigenvalue weighted by Gasteiger charge is -2.19. The first-order valence-corrected chi connectivity index (χ1v) is 9.88. The molecule has 11 nitrogen and oxygen atoms in total. The van der Waals surface area contributed by atoms with Crippen LogP contribution in [0.25, 0.3) is 0 Å². The van der Waals surface area contributed by atoms with Gasteiger partial charge in [-0.2, -0.15) is 0 Å². The topological polar surface area (TPSA) is 160 Å². The Hall–Kier alpha value is -3.38. The third-order valence-electron chi connectivity index (χ3n) is 3.94. The summed E-state index contributed by atoms with van der Waals surface area (Å²) < 4.78 is 39.0. The summed E-state index contributed by atoms with van der Waals surface area (Å²) in [5, 5.41) is 18.8. The Kier molecular flexibility index (Phi) is 5.57. The maximum absolute atomic E-state index is 12.4. The van der Waals surface area contributed by atoms with Gasteiger partial charge in [0.05, 0.1) is 9.82 Å². The number of anilines is 1. The molecule has 1 aliphatic heterocycles. The minimum atomic E-state index is -4.13. The number of nitrogens with one attached hydrogen (secondary N) is 1. The molecule has 1 atom stereocenters. The van der Waals surface area contributed by atoms with Crippen molar-refractivity contribution in [3.8, 4) is 17.2 Å². The fourth-order valence-corrected chi connectivity index (χ4v) is 3.06. The molecule has 3 N–H and O–H groups in total. The molecule has 3 rings (SSSR count). The van der Waals surface area contributed by atoms with Crippen LogP contribution >= 0.6 is 0 Å². The van der Waals surface area contributed by atoms with Gasteiger partial charge in [0.2, 0.25) is 10.0 Å². The number of rotatable bonds is 6. The second-order valence-corrected chi connectivity index (χ2v) is 7.60. The van der Waals surface area contributed by atoms with Gasteiger partial charge in [-0.15, -0.1) is 0 Å². The smallest absolute Gasteiger partial charge is 0.312 e. The first-order valence-electron chi connectivity index (χ1n) is 8.33. The Labute approximate surface area is 165 Å². The molecule has 0 saturated carbocycles. The summed E-state index contributed by atoms with van der Waals surface area (Å²) in [5.41, 5.74) is -0.204. The zero-order valence-corrected chi connectivity index (χ0v) is 16.0. The maximum atomic E-state index is 12.4. The van der Waals surface area contributed by atoms with Crippen LogP contribution in [-0.4, -0.2) is 38.6 Å². The second kappa shape index (κ2) is 7.93. The number of hydrogen-bond donors (Lipinski definition) is 2. The Morgan fingerprint density at radius 2 is 1.90 bits per heavy atom. The van der Waals surface area contributed by atoms with Crippen LogP contribution in [-0.2, 0) is 14.8 Å². The average molecular weight is 423 g/mol. The van der Waals surface area contributed by atoms with E-state index in [1.807, 2.05) is 0 Å². The summed E-state index contributed by atoms with van der Waals surface area (Å²) in [6.07, 6.45) is -1.12. The van der Waals surface area contributed by atoms with Gasteiger partial charge in [-0.05, 0) is 31.2 Å². The van der Waals surface area contributed by atoms with Gasteiger partial charge in [0, 0.05) is 17.8 Å². The minimum Gasteiger partial charge on any atom is -0.486 e. The summed E-state index contributed by atoms with van der Waals surface area (Å²) in [6.45, 7) is 2.22. The van der Waals surface area contributed by atoms with E-state index < -0.39 is 37.5 Å². The van der Waals surface area contributed by atoms with Gasteiger partial charge in [-0.1, -0.05) is 0 Å². The standard InChI is InChI=1S/C17H17N3O8S/c1-10(17(21)19-11-2-4-15-16(8-11)27-7-6-26-15)28-14-5-3-12(29(18,24)25)9-13(14)20(22)23/h2-5,8-10H,6-7H2,1H3,(H,19,21)(H2,18,24,25)/t10-/m1/s1. The molecule has 0 fully saturated rings. The summed E-state index contributed by atoms with van der Waals surface area (Å²) >= 11 is 0. The lowest BCUT2D eigenvalue weighted by atomic mass is 10.2. The summed E-state index contributed by atoms with van der Waals surface area (Å²) in [4.78, 5) is 22.4. The third-order valence-corrected chi connectivity index (χ3v) is 4.85. The molecule has 154 valence electrons. The number of primary sulfonamides is 1. The lowest BCUT2D eigenvalue weighted by Crippen LogP contribution is -2.30. The number of carbonyl (C=O) groups excluding carboxylic acids is 1. The van der Waals surface area contributed by atoms with Crippen LogP contribution in [0.2, 0.25) is 0 Å². The van der Waals surface area contributed by atoms with E-state index in [2.05, 4.69) is 5.32 Å². The number of nitrogens with two attached hydrogens (primary N) is 1. The number of hydrogen-bond acceptors (Lipinski definition) is 8. The van der Waals surface area contributed by atoms with E-state index in [9.17, 15) is 23.3 Å². The molecule has 0 spiro atoms. The van der Waals surface area contributed by atoms with Crippen molar-refractivity contribution in [1.29, 1.82) is 0 Å². The van der Waals surface area contributed by atoms with Crippen molar-refractivity contribution in [3.63, 3.8) is 0 Å². The predicted molar refractivity (Wildman–Crippen MR) is 101 cm³/mol. The van der Waals surface area contributed by atoms with Crippen LogP contribution in [0, 0.1) is 10.1 Å². The highest BCUT2D eigenvalue weighted by molar-refractivity contribution is 7.89. The van der Waals surface area contributed by atoms with E-state index in [1.54, 1.807) is 18.2 Å². The second-order valence-electron chi connectivity index (χ2n) is 6.04. The van der Waals surface area contributed by atoms with E-state index in [0.717, 1.165) is 18.2 Å². The fourth-order valence-electron chi connectivity index (χ4n) is 2.53. The Bertz CT molecular complexity index is 1070. The molecule has 12 heteroatoms. The van der Waals surface area contributed by atoms with E-state index in [0.29, 0.717) is 30.4 Å². The van der Waals surface area contributed by atoms with Gasteiger partial charge < -0.3 is 19.5 Å². The van der Waals surface area contributed by atoms with Crippen molar-refractivity contribution < 1.29 is 32.3 Å². The first-order chi connectivity index (χ1) is 13.6. The molecule has 2 aromatic rings. The number of carbonyl (C=O) groups is 1. The number of benzene rings is 2. The largest absolute Gasteiger partial charge is 0.486 e. The van der Waals surface area contributed by atoms with Gasteiger partial charge >= 0.3 is 5.69 Å². The molecule has 0 bridgehead atoms. The number of amides is 1. The molecule has 0 unspecified atom stereocenters. The fraction of sp³-hybridized carbons (Fsp3) is 0.235. The van der Waals surface area contributed by atoms with Crippen molar-refractivity contribution in [2.45, 2.75) is 17.9 Å². The molecular weight excluding hydrogens is 406 g/mol. The van der Waals surface area contributed by atoms with Crippen LogP contribution in [0.4, 0.5) is 11.4 Å². The van der Waals surface area contributed by atoms with Gasteiger partial charge in [0.1, 0.15) is 13.2 Å². The predicted octanol–water partition coefficient (Wildman–Crippen LogP) is 1.42. The van der Waals surface area contributed by atoms with Crippen LogP contribution in [0.15, 0.2) is 41.3 Å². The van der Waals surface area contributed by atoms with Crippen molar-refractivity contribution in [1.82, 2.24) is 0 Å². The van der Waals surface area contributed by atoms with Crippen LogP contribution in [0.5, 0.6) is 17.2 Å². The highest BCUT2D eigenvalue weighted by Gasteiger charge is 2.24. The van der Waals surface area contributed by atoms with Gasteiger partial charge in [-0.25, -0.2) is 13.6 Å². The van der Waals surface area contributed by atoms with Gasteiger partial charge in [0.25, 0.3) is 5.91 Å². The molecule has 1 aliphatic rings. The number of ether oxygens (including phenoxy) is 3. The molecule has 0 radical (unpaired) electrons. The molecule has 0 aromatic heterocycles. The van der Waals surface area contributed by atoms with E-state index in [-0.39, 0.29) is 5.75 Å². The molecule has 0 saturated heterocycles. The monoisotopic (exact) mass is 423 g/mol. The molecule has 29 heavy (non-hydrogen) atoms. The molecule has 2 aromatic carbocycles. The highest BCUT2D eigenvalue weighted by Crippen LogP contribution is 2.33. The van der Waals surface area contributed by atoms with Crippen molar-refractivity contribution in [3.05, 3.63) is 46.5 Å². The SMILES string of the molecule is C[C@@H](Oc1ccc(S(N)(=O)=O)cc1[N+](=O)[O-])C(=O)Nc1ccc2c(c1)OCCO2. The van der Waals surface area contributed by atoms with Crippen LogP contribution in [0.3, 0.4) is 0 Å². The molecule has 1 heterocycles. The number of nitro groups is 1. The Balaban J connectivity index is 1.75. The van der Waals surface area contributed by atoms with E-state index in [4.69, 9.17) is 19.3 Å². The zero-order chi connectivity index (χ0) is 21.2. The van der Waals surface area contributed by atoms with E-state index >= 15 is 0 Å². The number of sulfonamides is 1. The summed E-state index contributed by atoms with van der Waals surface area (Å²) in [5.74, 6) is 0.194. The van der Waals surface area contributed by atoms with Gasteiger partial charge in [0.15, 0.2) is 23.4 Å². The van der Waals surface area contributed by atoms with Crippen molar-refractivity contribution in [2.24, 2.45) is 5.14 Å². The first kappa shape index (κ1) is 20.4. The Morgan fingerprint density at radius 3 is 2.55 bits per heavy atom. The quantitative estimate of drug-likeness (QED) is 0.521. The van der Waals surface area contributed by atoms with Crippen LogP contribution < -0.4 is 24.7 Å². The minimum absolute atomic E-state index is 0.271. The number of nitrogens with zero attached hydrogens (tertiary/aromatic N) is 1. The molecular formula is C17H17N3O8S. The number of fused-ring (bicyclic) bond motifs is 1.